The Morgan fingerprint density at radius 3 is 2.68 bits per heavy atom. The van der Waals surface area contributed by atoms with Gasteiger partial charge in [-0.2, -0.15) is 10.4 Å². The number of anilines is 1. The fourth-order valence-corrected chi connectivity index (χ4v) is 1.90. The van der Waals surface area contributed by atoms with Crippen molar-refractivity contribution in [2.24, 2.45) is 7.05 Å². The van der Waals surface area contributed by atoms with Crippen LogP contribution in [-0.2, 0) is 7.05 Å². The summed E-state index contributed by atoms with van der Waals surface area (Å²) in [7, 11) is 1.92. The Balaban J connectivity index is 2.00. The maximum absolute atomic E-state index is 8.44. The molecular formula is C14H16N4O. The molecule has 5 nitrogen and oxygen atoms in total. The average Bonchev–Trinajstić information content (AvgIpc) is 2.84. The van der Waals surface area contributed by atoms with Gasteiger partial charge in [0.1, 0.15) is 11.8 Å². The molecule has 0 fully saturated rings. The number of nitriles is 1. The summed E-state index contributed by atoms with van der Waals surface area (Å²) in [6.07, 6.45) is 1.78. The molecule has 19 heavy (non-hydrogen) atoms. The first kappa shape index (κ1) is 13.0. The Morgan fingerprint density at radius 1 is 1.37 bits per heavy atom. The number of rotatable bonds is 5. The molecule has 0 spiro atoms. The van der Waals surface area contributed by atoms with E-state index in [1.54, 1.807) is 6.20 Å². The highest BCUT2D eigenvalue weighted by Crippen LogP contribution is 2.21. The van der Waals surface area contributed by atoms with Gasteiger partial charge in [0.05, 0.1) is 11.7 Å². The average molecular weight is 256 g/mol. The zero-order valence-corrected chi connectivity index (χ0v) is 11.0. The molecule has 0 aliphatic rings. The maximum Gasteiger partial charge on any atom is 0.174 e. The van der Waals surface area contributed by atoms with Gasteiger partial charge in [-0.3, -0.25) is 4.68 Å². The fourth-order valence-electron chi connectivity index (χ4n) is 1.90. The summed E-state index contributed by atoms with van der Waals surface area (Å²) >= 11 is 0. The molecule has 1 N–H and O–H groups in total. The molecule has 0 aliphatic heterocycles. The van der Waals surface area contributed by atoms with Crippen molar-refractivity contribution in [2.75, 3.05) is 11.9 Å². The molecule has 1 aromatic heterocycles. The van der Waals surface area contributed by atoms with Crippen molar-refractivity contribution in [3.63, 3.8) is 0 Å². The molecule has 0 amide bonds. The van der Waals surface area contributed by atoms with E-state index < -0.39 is 0 Å². The van der Waals surface area contributed by atoms with Gasteiger partial charge in [-0.1, -0.05) is 0 Å². The van der Waals surface area contributed by atoms with Gasteiger partial charge in [0.2, 0.25) is 0 Å². The van der Waals surface area contributed by atoms with Crippen molar-refractivity contribution < 1.29 is 4.74 Å². The Kier molecular flexibility index (Phi) is 4.04. The van der Waals surface area contributed by atoms with E-state index in [4.69, 9.17) is 10.00 Å². The lowest BCUT2D eigenvalue weighted by molar-refractivity contribution is 0.368. The predicted octanol–water partition coefficient (Wildman–Crippen LogP) is 2.50. The van der Waals surface area contributed by atoms with Crippen LogP contribution in [0.4, 0.5) is 5.69 Å². The molecule has 0 saturated heterocycles. The Hall–Kier alpha value is -2.48. The number of aromatic nitrogens is 2. The number of nitrogens with zero attached hydrogens (tertiary/aromatic N) is 3. The number of hydrogen-bond acceptors (Lipinski definition) is 4. The number of benzene rings is 1. The smallest absolute Gasteiger partial charge is 0.174 e. The van der Waals surface area contributed by atoms with E-state index in [0.29, 0.717) is 5.75 Å². The zero-order valence-electron chi connectivity index (χ0n) is 11.0. The Bertz CT molecular complexity index is 568. The van der Waals surface area contributed by atoms with E-state index in [2.05, 4.69) is 17.3 Å². The minimum absolute atomic E-state index is 0.0677. The van der Waals surface area contributed by atoms with Crippen molar-refractivity contribution in [1.29, 1.82) is 5.26 Å². The van der Waals surface area contributed by atoms with Crippen LogP contribution in [-0.4, -0.2) is 16.4 Å². The van der Waals surface area contributed by atoms with Crippen LogP contribution in [0.5, 0.6) is 5.75 Å². The topological polar surface area (TPSA) is 62.9 Å². The summed E-state index contributed by atoms with van der Waals surface area (Å²) in [5.41, 5.74) is 2.11. The van der Waals surface area contributed by atoms with E-state index in [1.807, 2.05) is 48.1 Å². The zero-order chi connectivity index (χ0) is 13.7. The lowest BCUT2D eigenvalue weighted by atomic mass is 10.2. The second kappa shape index (κ2) is 5.91. The third-order valence-electron chi connectivity index (χ3n) is 2.84. The van der Waals surface area contributed by atoms with Crippen LogP contribution in [0.15, 0.2) is 36.5 Å². The maximum atomic E-state index is 8.44. The second-order valence-corrected chi connectivity index (χ2v) is 4.22. The van der Waals surface area contributed by atoms with Gasteiger partial charge in [0.25, 0.3) is 0 Å². The number of ether oxygens (including phenoxy) is 1. The van der Waals surface area contributed by atoms with Crippen molar-refractivity contribution in [2.45, 2.75) is 13.0 Å². The van der Waals surface area contributed by atoms with Gasteiger partial charge in [0.15, 0.2) is 6.61 Å². The van der Waals surface area contributed by atoms with Gasteiger partial charge in [0, 0.05) is 18.9 Å². The van der Waals surface area contributed by atoms with Gasteiger partial charge >= 0.3 is 0 Å². The molecule has 98 valence electrons. The van der Waals surface area contributed by atoms with Crippen LogP contribution >= 0.6 is 0 Å². The number of nitrogens with one attached hydrogen (secondary N) is 1. The summed E-state index contributed by atoms with van der Waals surface area (Å²) in [5, 5.41) is 16.0. The van der Waals surface area contributed by atoms with Gasteiger partial charge in [-0.15, -0.1) is 0 Å². The number of aryl methyl sites for hydroxylation is 1. The van der Waals surface area contributed by atoms with E-state index in [1.165, 1.54) is 0 Å². The molecular weight excluding hydrogens is 240 g/mol. The largest absolute Gasteiger partial charge is 0.479 e. The van der Waals surface area contributed by atoms with Crippen LogP contribution in [0.2, 0.25) is 0 Å². The third kappa shape index (κ3) is 3.26. The minimum atomic E-state index is 0.0677. The summed E-state index contributed by atoms with van der Waals surface area (Å²) < 4.78 is 7.05. The Morgan fingerprint density at radius 2 is 2.11 bits per heavy atom. The first-order valence-corrected chi connectivity index (χ1v) is 6.05. The minimum Gasteiger partial charge on any atom is -0.479 e. The lowest BCUT2D eigenvalue weighted by Crippen LogP contribution is -2.11. The second-order valence-electron chi connectivity index (χ2n) is 4.22. The summed E-state index contributed by atoms with van der Waals surface area (Å²) in [6, 6.07) is 11.6. The van der Waals surface area contributed by atoms with Gasteiger partial charge in [-0.25, -0.2) is 0 Å². The fraction of sp³-hybridized carbons (Fsp3) is 0.286. The molecule has 5 heteroatoms. The molecule has 2 aromatic rings. The lowest BCUT2D eigenvalue weighted by Gasteiger charge is -2.15. The summed E-state index contributed by atoms with van der Waals surface area (Å²) in [4.78, 5) is 0. The quantitative estimate of drug-likeness (QED) is 0.892. The SMILES string of the molecule is CC(Nc1ccc(OCC#N)cc1)c1ccnn1C. The van der Waals surface area contributed by atoms with E-state index in [9.17, 15) is 0 Å². The first-order valence-electron chi connectivity index (χ1n) is 6.05. The van der Waals surface area contributed by atoms with Crippen molar-refractivity contribution in [3.8, 4) is 11.8 Å². The molecule has 1 atom stereocenters. The van der Waals surface area contributed by atoms with Gasteiger partial charge < -0.3 is 10.1 Å². The van der Waals surface area contributed by atoms with Crippen LogP contribution in [0.3, 0.4) is 0 Å². The molecule has 0 radical (unpaired) electrons. The van der Waals surface area contributed by atoms with E-state index >= 15 is 0 Å². The molecule has 0 saturated carbocycles. The normalized spacial score (nSPS) is 11.6. The van der Waals surface area contributed by atoms with E-state index in [-0.39, 0.29) is 12.6 Å². The van der Waals surface area contributed by atoms with Crippen molar-refractivity contribution in [3.05, 3.63) is 42.2 Å². The molecule has 0 bridgehead atoms. The van der Waals surface area contributed by atoms with Crippen molar-refractivity contribution in [1.82, 2.24) is 9.78 Å². The monoisotopic (exact) mass is 256 g/mol. The van der Waals surface area contributed by atoms with Crippen LogP contribution in [0.25, 0.3) is 0 Å². The standard InChI is InChI=1S/C14H16N4O/c1-11(14-7-9-16-18(14)2)17-12-3-5-13(6-4-12)19-10-8-15/h3-7,9,11,17H,10H2,1-2H3. The van der Waals surface area contributed by atoms with Crippen LogP contribution in [0, 0.1) is 11.3 Å². The highest BCUT2D eigenvalue weighted by molar-refractivity contribution is 5.47. The first-order chi connectivity index (χ1) is 9.20. The Labute approximate surface area is 112 Å². The molecule has 0 aliphatic carbocycles. The van der Waals surface area contributed by atoms with Gasteiger partial charge in [-0.05, 0) is 37.3 Å². The van der Waals surface area contributed by atoms with E-state index in [0.717, 1.165) is 11.4 Å². The molecule has 2 rings (SSSR count). The highest BCUT2D eigenvalue weighted by Gasteiger charge is 2.08. The van der Waals surface area contributed by atoms with Crippen LogP contribution in [0.1, 0.15) is 18.7 Å². The van der Waals surface area contributed by atoms with Crippen molar-refractivity contribution >= 4 is 5.69 Å². The predicted molar refractivity (Wildman–Crippen MR) is 72.8 cm³/mol. The number of hydrogen-bond donors (Lipinski definition) is 1. The summed E-state index contributed by atoms with van der Waals surface area (Å²) in [6.45, 7) is 2.15. The third-order valence-corrected chi connectivity index (χ3v) is 2.84. The highest BCUT2D eigenvalue weighted by atomic mass is 16.5. The van der Waals surface area contributed by atoms with Crippen LogP contribution < -0.4 is 10.1 Å². The molecule has 1 unspecified atom stereocenters. The summed E-state index contributed by atoms with van der Waals surface area (Å²) in [5.74, 6) is 0.695. The molecule has 1 aromatic carbocycles. The molecule has 1 heterocycles.